The lowest BCUT2D eigenvalue weighted by atomic mass is 10.1. The van der Waals surface area contributed by atoms with Gasteiger partial charge in [0.25, 0.3) is 5.97 Å². The van der Waals surface area contributed by atoms with Gasteiger partial charge in [-0.3, -0.25) is 4.79 Å². The lowest BCUT2D eigenvalue weighted by Gasteiger charge is -2.03. The first-order chi connectivity index (χ1) is 5.52. The average Bonchev–Trinajstić information content (AvgIpc) is 1.84. The Balaban J connectivity index is 0.000000261. The van der Waals surface area contributed by atoms with Crippen LogP contribution in [-0.4, -0.2) is 16.2 Å². The molecule has 0 saturated carbocycles. The van der Waals surface area contributed by atoms with Crippen LogP contribution >= 0.6 is 0 Å². The maximum Gasteiger partial charge on any atom is 0.300 e. The van der Waals surface area contributed by atoms with Gasteiger partial charge in [0, 0.05) is 6.92 Å². The first kappa shape index (κ1) is 10.8. The van der Waals surface area contributed by atoms with E-state index in [-0.39, 0.29) is 0 Å². The van der Waals surface area contributed by atoms with E-state index < -0.39 is 5.97 Å². The van der Waals surface area contributed by atoms with Crippen molar-refractivity contribution in [2.45, 2.75) is 26.7 Å². The van der Waals surface area contributed by atoms with E-state index in [1.54, 1.807) is 0 Å². The highest BCUT2D eigenvalue weighted by Gasteiger charge is 1.96. The normalized spacial score (nSPS) is 15.2. The van der Waals surface area contributed by atoms with Gasteiger partial charge in [0.2, 0.25) is 0 Å². The van der Waals surface area contributed by atoms with E-state index in [0.717, 1.165) is 19.8 Å². The fourth-order valence-electron chi connectivity index (χ4n) is 0.831. The summed E-state index contributed by atoms with van der Waals surface area (Å²) in [6.45, 7) is 3.11. The topological polar surface area (TPSA) is 57.5 Å². The number of carbonyl (C=O) groups is 1. The van der Waals surface area contributed by atoms with Crippen molar-refractivity contribution in [3.8, 4) is 0 Å². The van der Waals surface area contributed by atoms with Crippen molar-refractivity contribution in [3.05, 3.63) is 23.5 Å². The van der Waals surface area contributed by atoms with E-state index >= 15 is 0 Å². The molecule has 1 rings (SSSR count). The Morgan fingerprint density at radius 3 is 2.33 bits per heavy atom. The molecule has 0 aliphatic heterocycles. The monoisotopic (exact) mass is 170 g/mol. The van der Waals surface area contributed by atoms with Gasteiger partial charge in [-0.05, 0) is 31.9 Å². The highest BCUT2D eigenvalue weighted by atomic mass is 16.4. The number of aliphatic hydroxyl groups excluding tert-OH is 1. The Hall–Kier alpha value is -1.25. The van der Waals surface area contributed by atoms with Crippen LogP contribution < -0.4 is 0 Å². The summed E-state index contributed by atoms with van der Waals surface area (Å²) < 4.78 is 0. The molecule has 0 saturated heterocycles. The van der Waals surface area contributed by atoms with Crippen molar-refractivity contribution in [2.24, 2.45) is 0 Å². The van der Waals surface area contributed by atoms with Gasteiger partial charge in [-0.25, -0.2) is 0 Å². The molecule has 0 fully saturated rings. The van der Waals surface area contributed by atoms with Crippen molar-refractivity contribution < 1.29 is 15.0 Å². The minimum atomic E-state index is -0.833. The fraction of sp³-hybridized carbons (Fsp3) is 0.444. The molecule has 0 heterocycles. The molecule has 0 radical (unpaired) electrons. The van der Waals surface area contributed by atoms with E-state index in [1.165, 1.54) is 5.57 Å². The summed E-state index contributed by atoms with van der Waals surface area (Å²) in [5.41, 5.74) is 1.27. The van der Waals surface area contributed by atoms with Crippen molar-refractivity contribution in [1.29, 1.82) is 0 Å². The molecule has 12 heavy (non-hydrogen) atoms. The number of carboxylic acids is 1. The second-order valence-corrected chi connectivity index (χ2v) is 2.68. The van der Waals surface area contributed by atoms with Gasteiger partial charge in [-0.2, -0.15) is 0 Å². The predicted molar refractivity (Wildman–Crippen MR) is 47.0 cm³/mol. The third kappa shape index (κ3) is 6.86. The van der Waals surface area contributed by atoms with Gasteiger partial charge in [0.05, 0.1) is 0 Å². The quantitative estimate of drug-likeness (QED) is 0.586. The summed E-state index contributed by atoms with van der Waals surface area (Å²) in [6, 6.07) is 0. The first-order valence-corrected chi connectivity index (χ1v) is 3.78. The van der Waals surface area contributed by atoms with Gasteiger partial charge < -0.3 is 10.2 Å². The minimum Gasteiger partial charge on any atom is -0.508 e. The third-order valence-electron chi connectivity index (χ3n) is 1.29. The second-order valence-electron chi connectivity index (χ2n) is 2.68. The lowest BCUT2D eigenvalue weighted by molar-refractivity contribution is -0.134. The molecular weight excluding hydrogens is 156 g/mol. The molecule has 0 unspecified atom stereocenters. The number of rotatable bonds is 0. The maximum atomic E-state index is 9.00. The molecule has 1 aliphatic carbocycles. The summed E-state index contributed by atoms with van der Waals surface area (Å²) in [4.78, 5) is 9.00. The standard InChI is InChI=1S/C7H10O.C2H4O2/c1-6-3-2-4-7(8)5-6;1-2(3)4/h4-5,8H,2-3H2,1H3;1H3,(H,3,4). The van der Waals surface area contributed by atoms with Crippen LogP contribution in [0.1, 0.15) is 26.7 Å². The molecule has 0 bridgehead atoms. The van der Waals surface area contributed by atoms with Crippen LogP contribution in [0.3, 0.4) is 0 Å². The van der Waals surface area contributed by atoms with Crippen molar-refractivity contribution in [2.75, 3.05) is 0 Å². The zero-order chi connectivity index (χ0) is 9.56. The number of hydrogen-bond acceptors (Lipinski definition) is 2. The van der Waals surface area contributed by atoms with Gasteiger partial charge in [0.15, 0.2) is 0 Å². The molecule has 1 aliphatic rings. The van der Waals surface area contributed by atoms with Crippen LogP contribution in [0.5, 0.6) is 0 Å². The molecular formula is C9H14O3. The molecule has 0 aromatic carbocycles. The van der Waals surface area contributed by atoms with Crippen molar-refractivity contribution in [3.63, 3.8) is 0 Å². The van der Waals surface area contributed by atoms with E-state index in [1.807, 2.05) is 19.1 Å². The van der Waals surface area contributed by atoms with Crippen LogP contribution in [0, 0.1) is 0 Å². The third-order valence-corrected chi connectivity index (χ3v) is 1.29. The lowest BCUT2D eigenvalue weighted by Crippen LogP contribution is -1.86. The predicted octanol–water partition coefficient (Wildman–Crippen LogP) is 2.26. The molecule has 0 atom stereocenters. The molecule has 68 valence electrons. The van der Waals surface area contributed by atoms with Crippen LogP contribution in [0.2, 0.25) is 0 Å². The number of carboxylic acid groups (broad SMARTS) is 1. The van der Waals surface area contributed by atoms with Gasteiger partial charge >= 0.3 is 0 Å². The molecule has 2 N–H and O–H groups in total. The molecule has 0 amide bonds. The molecule has 3 nitrogen and oxygen atoms in total. The van der Waals surface area contributed by atoms with Gasteiger partial charge in [-0.15, -0.1) is 0 Å². The molecule has 0 spiro atoms. The van der Waals surface area contributed by atoms with Crippen LogP contribution in [0.4, 0.5) is 0 Å². The molecule has 0 aromatic heterocycles. The fourth-order valence-corrected chi connectivity index (χ4v) is 0.831. The summed E-state index contributed by atoms with van der Waals surface area (Å²) in [5, 5.41) is 16.3. The van der Waals surface area contributed by atoms with Crippen LogP contribution in [-0.2, 0) is 4.79 Å². The summed E-state index contributed by atoms with van der Waals surface area (Å²) >= 11 is 0. The number of aliphatic hydroxyl groups is 1. The van der Waals surface area contributed by atoms with E-state index in [2.05, 4.69) is 0 Å². The van der Waals surface area contributed by atoms with Gasteiger partial charge in [0.1, 0.15) is 5.76 Å². The van der Waals surface area contributed by atoms with E-state index in [9.17, 15) is 0 Å². The smallest absolute Gasteiger partial charge is 0.300 e. The largest absolute Gasteiger partial charge is 0.508 e. The average molecular weight is 170 g/mol. The highest BCUT2D eigenvalue weighted by Crippen LogP contribution is 2.13. The van der Waals surface area contributed by atoms with Crippen LogP contribution in [0.25, 0.3) is 0 Å². The Kier molecular flexibility index (Phi) is 4.84. The van der Waals surface area contributed by atoms with E-state index in [0.29, 0.717) is 5.76 Å². The highest BCUT2D eigenvalue weighted by molar-refractivity contribution is 5.62. The number of hydrogen-bond donors (Lipinski definition) is 2. The Morgan fingerprint density at radius 1 is 1.58 bits per heavy atom. The Bertz CT molecular complexity index is 210. The van der Waals surface area contributed by atoms with Crippen LogP contribution in [0.15, 0.2) is 23.5 Å². The minimum absolute atomic E-state index is 0.425. The van der Waals surface area contributed by atoms with Gasteiger partial charge in [-0.1, -0.05) is 5.57 Å². The Morgan fingerprint density at radius 2 is 2.08 bits per heavy atom. The zero-order valence-corrected chi connectivity index (χ0v) is 7.37. The van der Waals surface area contributed by atoms with E-state index in [4.69, 9.17) is 15.0 Å². The number of aliphatic carboxylic acids is 1. The summed E-state index contributed by atoms with van der Waals surface area (Å²) in [5.74, 6) is -0.409. The molecule has 0 aromatic rings. The first-order valence-electron chi connectivity index (χ1n) is 3.78. The molecule has 3 heteroatoms. The van der Waals surface area contributed by atoms with Crippen molar-refractivity contribution >= 4 is 5.97 Å². The zero-order valence-electron chi connectivity index (χ0n) is 7.37. The maximum absolute atomic E-state index is 9.00. The SMILES string of the molecule is CC(=O)O.CC1=CC(O)=CCC1. The number of allylic oxidation sites excluding steroid dienone is 3. The van der Waals surface area contributed by atoms with Crippen molar-refractivity contribution in [1.82, 2.24) is 0 Å². The summed E-state index contributed by atoms with van der Waals surface area (Å²) in [7, 11) is 0. The Labute approximate surface area is 72.0 Å². The second kappa shape index (κ2) is 5.41. The summed E-state index contributed by atoms with van der Waals surface area (Å²) in [6.07, 6.45) is 5.74.